The SMILES string of the molecule is N=C(N)NNC(=N)N.O. The summed E-state index contributed by atoms with van der Waals surface area (Å²) >= 11 is 0. The Morgan fingerprint density at radius 2 is 1.22 bits per heavy atom. The molecule has 0 aromatic rings. The Morgan fingerprint density at radius 3 is 1.33 bits per heavy atom. The van der Waals surface area contributed by atoms with E-state index in [0.717, 1.165) is 0 Å². The quantitative estimate of drug-likeness (QED) is 0.119. The van der Waals surface area contributed by atoms with Gasteiger partial charge in [-0.05, 0) is 0 Å². The van der Waals surface area contributed by atoms with Crippen LogP contribution in [0, 0.1) is 10.8 Å². The van der Waals surface area contributed by atoms with Gasteiger partial charge in [0.2, 0.25) is 11.9 Å². The molecule has 0 spiro atoms. The van der Waals surface area contributed by atoms with Crippen molar-refractivity contribution in [3.05, 3.63) is 0 Å². The summed E-state index contributed by atoms with van der Waals surface area (Å²) in [5.41, 5.74) is 13.8. The third-order valence-corrected chi connectivity index (χ3v) is 0.332. The molecule has 0 aliphatic rings. The summed E-state index contributed by atoms with van der Waals surface area (Å²) in [5.74, 6) is -0.555. The lowest BCUT2D eigenvalue weighted by Crippen LogP contribution is -2.47. The van der Waals surface area contributed by atoms with E-state index in [1.54, 1.807) is 0 Å². The maximum Gasteiger partial charge on any atom is 0.204 e. The largest absolute Gasteiger partial charge is 0.412 e. The van der Waals surface area contributed by atoms with Crippen molar-refractivity contribution in [2.45, 2.75) is 0 Å². The molecule has 0 aromatic carbocycles. The molecule has 0 aliphatic carbocycles. The summed E-state index contributed by atoms with van der Waals surface area (Å²) in [4.78, 5) is 0. The van der Waals surface area contributed by atoms with Gasteiger partial charge < -0.3 is 16.9 Å². The standard InChI is InChI=1S/C2H8N6.H2O/c3-1(4)7-8-2(5)6;/h(H4,3,4,7)(H4,5,6,8);1H2. The van der Waals surface area contributed by atoms with Crippen molar-refractivity contribution in [3.63, 3.8) is 0 Å². The van der Waals surface area contributed by atoms with Crippen LogP contribution in [0.2, 0.25) is 0 Å². The van der Waals surface area contributed by atoms with Gasteiger partial charge in [0.25, 0.3) is 0 Å². The molecule has 0 aliphatic heterocycles. The van der Waals surface area contributed by atoms with Crippen LogP contribution in [0.1, 0.15) is 0 Å². The summed E-state index contributed by atoms with van der Waals surface area (Å²) in [6.07, 6.45) is 0. The van der Waals surface area contributed by atoms with Crippen LogP contribution in [0.3, 0.4) is 0 Å². The lowest BCUT2D eigenvalue weighted by atomic mass is 11.0. The molecular weight excluding hydrogens is 124 g/mol. The zero-order valence-electron chi connectivity index (χ0n) is 4.65. The van der Waals surface area contributed by atoms with E-state index in [-0.39, 0.29) is 17.4 Å². The number of nitrogens with one attached hydrogen (secondary N) is 4. The first-order valence-corrected chi connectivity index (χ1v) is 1.83. The molecule has 0 saturated carbocycles. The fourth-order valence-corrected chi connectivity index (χ4v) is 0.135. The van der Waals surface area contributed by atoms with Crippen molar-refractivity contribution in [2.24, 2.45) is 11.5 Å². The van der Waals surface area contributed by atoms with E-state index in [1.165, 1.54) is 0 Å². The Morgan fingerprint density at radius 1 is 1.00 bits per heavy atom. The van der Waals surface area contributed by atoms with Gasteiger partial charge in [0.05, 0.1) is 0 Å². The maximum absolute atomic E-state index is 6.54. The number of guanidine groups is 2. The lowest BCUT2D eigenvalue weighted by molar-refractivity contribution is 0.824. The molecule has 54 valence electrons. The van der Waals surface area contributed by atoms with E-state index < -0.39 is 0 Å². The van der Waals surface area contributed by atoms with Gasteiger partial charge in [-0.1, -0.05) is 0 Å². The molecule has 0 aromatic heterocycles. The van der Waals surface area contributed by atoms with E-state index >= 15 is 0 Å². The topological polar surface area (TPSA) is 155 Å². The van der Waals surface area contributed by atoms with Crippen LogP contribution in [-0.2, 0) is 0 Å². The van der Waals surface area contributed by atoms with Crippen LogP contribution in [0.5, 0.6) is 0 Å². The molecule has 0 amide bonds. The number of nitrogens with two attached hydrogens (primary N) is 2. The Bertz CT molecular complexity index is 95.6. The highest BCUT2D eigenvalue weighted by Gasteiger charge is 1.82. The second-order valence-electron chi connectivity index (χ2n) is 1.08. The molecule has 0 radical (unpaired) electrons. The highest BCUT2D eigenvalue weighted by molar-refractivity contribution is 5.80. The number of hydrogen-bond donors (Lipinski definition) is 6. The monoisotopic (exact) mass is 134 g/mol. The zero-order valence-corrected chi connectivity index (χ0v) is 4.65. The summed E-state index contributed by atoms with van der Waals surface area (Å²) in [6.45, 7) is 0. The fourth-order valence-electron chi connectivity index (χ4n) is 0.135. The van der Waals surface area contributed by atoms with Crippen molar-refractivity contribution >= 4 is 11.9 Å². The fraction of sp³-hybridized carbons (Fsp3) is 0. The van der Waals surface area contributed by atoms with Gasteiger partial charge in [0.1, 0.15) is 0 Å². The smallest absolute Gasteiger partial charge is 0.204 e. The van der Waals surface area contributed by atoms with Gasteiger partial charge in [-0.25, -0.2) is 0 Å². The first-order chi connectivity index (χ1) is 3.63. The normalized spacial score (nSPS) is 6.67. The average molecular weight is 134 g/mol. The second-order valence-corrected chi connectivity index (χ2v) is 1.08. The molecule has 9 heavy (non-hydrogen) atoms. The first kappa shape index (κ1) is 10.5. The van der Waals surface area contributed by atoms with E-state index in [2.05, 4.69) is 10.9 Å². The lowest BCUT2D eigenvalue weighted by Gasteiger charge is -2.02. The molecule has 0 rings (SSSR count). The maximum atomic E-state index is 6.54. The Labute approximate surface area is 51.7 Å². The minimum Gasteiger partial charge on any atom is -0.412 e. The summed E-state index contributed by atoms with van der Waals surface area (Å²) < 4.78 is 0. The Kier molecular flexibility index (Phi) is 5.42. The van der Waals surface area contributed by atoms with Crippen LogP contribution in [0.15, 0.2) is 0 Å². The van der Waals surface area contributed by atoms with Crippen molar-refractivity contribution in [2.75, 3.05) is 0 Å². The van der Waals surface area contributed by atoms with Gasteiger partial charge in [-0.2, -0.15) is 0 Å². The first-order valence-electron chi connectivity index (χ1n) is 1.83. The van der Waals surface area contributed by atoms with Gasteiger partial charge in [0.15, 0.2) is 0 Å². The number of rotatable bonds is 0. The predicted molar refractivity (Wildman–Crippen MR) is 33.7 cm³/mol. The van der Waals surface area contributed by atoms with Crippen LogP contribution >= 0.6 is 0 Å². The second kappa shape index (κ2) is 4.65. The number of hydrazine groups is 1. The highest BCUT2D eigenvalue weighted by atomic mass is 16.0. The van der Waals surface area contributed by atoms with Crippen molar-refractivity contribution in [1.29, 1.82) is 10.8 Å². The van der Waals surface area contributed by atoms with E-state index in [4.69, 9.17) is 22.3 Å². The van der Waals surface area contributed by atoms with E-state index in [1.807, 2.05) is 0 Å². The molecule has 0 atom stereocenters. The van der Waals surface area contributed by atoms with Crippen LogP contribution in [0.4, 0.5) is 0 Å². The molecular formula is C2H10N6O. The zero-order chi connectivity index (χ0) is 6.57. The third kappa shape index (κ3) is 10.7. The van der Waals surface area contributed by atoms with Crippen molar-refractivity contribution < 1.29 is 5.48 Å². The molecule has 0 bridgehead atoms. The van der Waals surface area contributed by atoms with E-state index in [0.29, 0.717) is 0 Å². The highest BCUT2D eigenvalue weighted by Crippen LogP contribution is 1.41. The van der Waals surface area contributed by atoms with Gasteiger partial charge in [0, 0.05) is 0 Å². The van der Waals surface area contributed by atoms with Crippen molar-refractivity contribution in [1.82, 2.24) is 10.9 Å². The van der Waals surface area contributed by atoms with Crippen molar-refractivity contribution in [3.8, 4) is 0 Å². The minimum atomic E-state index is -0.278. The number of hydrogen-bond acceptors (Lipinski definition) is 2. The van der Waals surface area contributed by atoms with Gasteiger partial charge in [-0.15, -0.1) is 0 Å². The van der Waals surface area contributed by atoms with Crippen LogP contribution in [-0.4, -0.2) is 17.4 Å². The minimum absolute atomic E-state index is 0. The average Bonchev–Trinajstić information content (AvgIpc) is 1.61. The molecule has 0 heterocycles. The predicted octanol–water partition coefficient (Wildman–Crippen LogP) is -2.96. The van der Waals surface area contributed by atoms with Crippen LogP contribution < -0.4 is 22.3 Å². The molecule has 10 N–H and O–H groups in total. The summed E-state index contributed by atoms with van der Waals surface area (Å²) in [5, 5.41) is 13.1. The Hall–Kier alpha value is -1.50. The van der Waals surface area contributed by atoms with Crippen LogP contribution in [0.25, 0.3) is 0 Å². The molecule has 0 fully saturated rings. The third-order valence-electron chi connectivity index (χ3n) is 0.332. The van der Waals surface area contributed by atoms with Gasteiger partial charge in [-0.3, -0.25) is 21.7 Å². The Balaban J connectivity index is 0. The molecule has 7 heteroatoms. The molecule has 0 unspecified atom stereocenters. The molecule has 7 nitrogen and oxygen atoms in total. The van der Waals surface area contributed by atoms with Gasteiger partial charge >= 0.3 is 0 Å². The summed E-state index contributed by atoms with van der Waals surface area (Å²) in [7, 11) is 0. The van der Waals surface area contributed by atoms with E-state index in [9.17, 15) is 0 Å². The molecule has 0 saturated heterocycles. The summed E-state index contributed by atoms with van der Waals surface area (Å²) in [6, 6.07) is 0.